The van der Waals surface area contributed by atoms with Crippen LogP contribution in [0, 0.1) is 0 Å². The van der Waals surface area contributed by atoms with Crippen molar-refractivity contribution in [1.82, 2.24) is 9.88 Å². The van der Waals surface area contributed by atoms with Crippen LogP contribution in [0.3, 0.4) is 0 Å². The van der Waals surface area contributed by atoms with Crippen LogP contribution in [0.1, 0.15) is 23.3 Å². The van der Waals surface area contributed by atoms with Gasteiger partial charge in [-0.3, -0.25) is 9.78 Å². The largest absolute Gasteiger partial charge is 0.384 e. The first-order valence-corrected chi connectivity index (χ1v) is 7.81. The van der Waals surface area contributed by atoms with Gasteiger partial charge in [0.25, 0.3) is 12.3 Å². The van der Waals surface area contributed by atoms with Crippen molar-refractivity contribution in [3.05, 3.63) is 54.4 Å². The average Bonchev–Trinajstić information content (AvgIpc) is 2.62. The number of halogens is 2. The molecule has 6 heteroatoms. The number of nitrogens with zero attached hydrogens (tertiary/aromatic N) is 2. The summed E-state index contributed by atoms with van der Waals surface area (Å²) < 4.78 is 25.7. The molecule has 24 heavy (non-hydrogen) atoms. The first-order chi connectivity index (χ1) is 11.5. The number of amides is 1. The van der Waals surface area contributed by atoms with Crippen LogP contribution in [0.4, 0.5) is 8.78 Å². The van der Waals surface area contributed by atoms with E-state index in [1.165, 1.54) is 4.90 Å². The van der Waals surface area contributed by atoms with E-state index in [2.05, 4.69) is 4.98 Å². The molecule has 1 amide bonds. The minimum Gasteiger partial charge on any atom is -0.384 e. The van der Waals surface area contributed by atoms with Crippen molar-refractivity contribution >= 4 is 5.91 Å². The Morgan fingerprint density at radius 2 is 1.79 bits per heavy atom. The monoisotopic (exact) mass is 332 g/mol. The van der Waals surface area contributed by atoms with E-state index in [1.807, 2.05) is 36.4 Å². The molecule has 2 heterocycles. The molecule has 1 saturated heterocycles. The molecule has 0 unspecified atom stereocenters. The Hall–Kier alpha value is -2.34. The summed E-state index contributed by atoms with van der Waals surface area (Å²) in [6.45, 7) is 0.188. The van der Waals surface area contributed by atoms with Crippen LogP contribution < -0.4 is 0 Å². The van der Waals surface area contributed by atoms with Crippen molar-refractivity contribution in [1.29, 1.82) is 0 Å². The Morgan fingerprint density at radius 1 is 1.12 bits per heavy atom. The second-order valence-electron chi connectivity index (χ2n) is 5.99. The van der Waals surface area contributed by atoms with Crippen molar-refractivity contribution in [3.63, 3.8) is 0 Å². The van der Waals surface area contributed by atoms with Gasteiger partial charge in [-0.25, -0.2) is 8.78 Å². The number of aliphatic hydroxyl groups is 1. The number of aromatic nitrogens is 1. The molecule has 126 valence electrons. The molecule has 0 radical (unpaired) electrons. The normalized spacial score (nSPS) is 17.1. The molecule has 3 rings (SSSR count). The molecule has 0 aliphatic carbocycles. The highest BCUT2D eigenvalue weighted by atomic mass is 19.3. The fourth-order valence-corrected chi connectivity index (χ4v) is 2.83. The second kappa shape index (κ2) is 6.65. The van der Waals surface area contributed by atoms with Crippen LogP contribution in [0.2, 0.25) is 0 Å². The standard InChI is InChI=1S/C18H18F2N2O2/c19-17(20)18(24)7-10-22(11-8-18)16(23)15-12-14(6-9-21-15)13-4-2-1-3-5-13/h1-6,9,12,17,24H,7-8,10-11H2. The summed E-state index contributed by atoms with van der Waals surface area (Å²) in [7, 11) is 0. The van der Waals surface area contributed by atoms with E-state index < -0.39 is 12.0 Å². The van der Waals surface area contributed by atoms with Gasteiger partial charge in [0.05, 0.1) is 0 Å². The highest BCUT2D eigenvalue weighted by Gasteiger charge is 2.41. The van der Waals surface area contributed by atoms with E-state index in [0.717, 1.165) is 11.1 Å². The first kappa shape index (κ1) is 16.5. The third kappa shape index (κ3) is 3.28. The number of rotatable bonds is 3. The Labute approximate surface area is 138 Å². The van der Waals surface area contributed by atoms with Crippen LogP contribution in [0.5, 0.6) is 0 Å². The van der Waals surface area contributed by atoms with Crippen molar-refractivity contribution in [3.8, 4) is 11.1 Å². The summed E-state index contributed by atoms with van der Waals surface area (Å²) >= 11 is 0. The zero-order valence-corrected chi connectivity index (χ0v) is 13.0. The van der Waals surface area contributed by atoms with Gasteiger partial charge in [-0.2, -0.15) is 0 Å². The van der Waals surface area contributed by atoms with Gasteiger partial charge in [0.15, 0.2) is 0 Å². The maximum atomic E-state index is 12.8. The van der Waals surface area contributed by atoms with Crippen molar-refractivity contribution in [2.24, 2.45) is 0 Å². The van der Waals surface area contributed by atoms with E-state index in [4.69, 9.17) is 0 Å². The van der Waals surface area contributed by atoms with Gasteiger partial charge >= 0.3 is 0 Å². The van der Waals surface area contributed by atoms with Gasteiger partial charge in [-0.05, 0) is 36.1 Å². The van der Waals surface area contributed by atoms with Gasteiger partial charge in [0, 0.05) is 19.3 Å². The van der Waals surface area contributed by atoms with E-state index in [1.54, 1.807) is 12.3 Å². The summed E-state index contributed by atoms with van der Waals surface area (Å²) in [6, 6.07) is 13.1. The fourth-order valence-electron chi connectivity index (χ4n) is 2.83. The maximum absolute atomic E-state index is 12.8. The fraction of sp³-hybridized carbons (Fsp3) is 0.333. The molecule has 0 saturated carbocycles. The molecule has 0 atom stereocenters. The van der Waals surface area contributed by atoms with Crippen LogP contribution in [-0.2, 0) is 0 Å². The Bertz CT molecular complexity index is 714. The number of carbonyl (C=O) groups excluding carboxylic acids is 1. The minimum atomic E-state index is -2.80. The number of likely N-dealkylation sites (tertiary alicyclic amines) is 1. The summed E-state index contributed by atoms with van der Waals surface area (Å²) in [5.74, 6) is -0.302. The Balaban J connectivity index is 1.75. The number of carbonyl (C=O) groups is 1. The van der Waals surface area contributed by atoms with E-state index >= 15 is 0 Å². The summed E-state index contributed by atoms with van der Waals surface area (Å²) in [5.41, 5.74) is 0.129. The number of alkyl halides is 2. The minimum absolute atomic E-state index is 0.0942. The molecule has 1 aliphatic heterocycles. The van der Waals surface area contributed by atoms with Gasteiger partial charge in [-0.1, -0.05) is 30.3 Å². The molecule has 0 spiro atoms. The van der Waals surface area contributed by atoms with Crippen LogP contribution >= 0.6 is 0 Å². The van der Waals surface area contributed by atoms with E-state index in [-0.39, 0.29) is 37.5 Å². The molecule has 4 nitrogen and oxygen atoms in total. The molecule has 2 aromatic rings. The number of pyridine rings is 1. The molecular formula is C18H18F2N2O2. The molecule has 1 N–H and O–H groups in total. The second-order valence-corrected chi connectivity index (χ2v) is 5.99. The predicted octanol–water partition coefficient (Wildman–Crippen LogP) is 2.98. The lowest BCUT2D eigenvalue weighted by Crippen LogP contribution is -2.50. The lowest BCUT2D eigenvalue weighted by molar-refractivity contribution is -0.122. The first-order valence-electron chi connectivity index (χ1n) is 7.81. The highest BCUT2D eigenvalue weighted by molar-refractivity contribution is 5.93. The number of hydrogen-bond acceptors (Lipinski definition) is 3. The van der Waals surface area contributed by atoms with Gasteiger partial charge in [-0.15, -0.1) is 0 Å². The molecule has 1 aromatic carbocycles. The summed E-state index contributed by atoms with van der Waals surface area (Å²) in [4.78, 5) is 18.1. The third-order valence-corrected chi connectivity index (χ3v) is 4.41. The quantitative estimate of drug-likeness (QED) is 0.940. The third-order valence-electron chi connectivity index (χ3n) is 4.41. The summed E-state index contributed by atoms with van der Waals surface area (Å²) in [6.07, 6.45) is -1.49. The van der Waals surface area contributed by atoms with Crippen LogP contribution in [0.15, 0.2) is 48.7 Å². The van der Waals surface area contributed by atoms with E-state index in [0.29, 0.717) is 0 Å². The zero-order valence-electron chi connectivity index (χ0n) is 13.0. The maximum Gasteiger partial charge on any atom is 0.272 e. The Kier molecular flexibility index (Phi) is 4.57. The van der Waals surface area contributed by atoms with Crippen molar-refractivity contribution in [2.45, 2.75) is 24.9 Å². The lowest BCUT2D eigenvalue weighted by atomic mass is 9.92. The smallest absolute Gasteiger partial charge is 0.272 e. The number of hydrogen-bond donors (Lipinski definition) is 1. The van der Waals surface area contributed by atoms with Gasteiger partial charge in [0.2, 0.25) is 0 Å². The molecule has 1 fully saturated rings. The van der Waals surface area contributed by atoms with Gasteiger partial charge in [0.1, 0.15) is 11.3 Å². The molecule has 1 aromatic heterocycles. The van der Waals surface area contributed by atoms with Crippen LogP contribution in [-0.4, -0.2) is 46.0 Å². The average molecular weight is 332 g/mol. The zero-order chi connectivity index (χ0) is 17.2. The van der Waals surface area contributed by atoms with E-state index in [9.17, 15) is 18.7 Å². The number of benzene rings is 1. The summed E-state index contributed by atoms with van der Waals surface area (Å²) in [5, 5.41) is 9.81. The van der Waals surface area contributed by atoms with Gasteiger partial charge < -0.3 is 10.0 Å². The predicted molar refractivity (Wildman–Crippen MR) is 85.8 cm³/mol. The van der Waals surface area contributed by atoms with Crippen molar-refractivity contribution in [2.75, 3.05) is 13.1 Å². The topological polar surface area (TPSA) is 53.4 Å². The van der Waals surface area contributed by atoms with Crippen molar-refractivity contribution < 1.29 is 18.7 Å². The Morgan fingerprint density at radius 3 is 2.42 bits per heavy atom. The SMILES string of the molecule is O=C(c1cc(-c2ccccc2)ccn1)N1CCC(O)(C(F)F)CC1. The molecule has 1 aliphatic rings. The van der Waals surface area contributed by atoms with Crippen LogP contribution in [0.25, 0.3) is 11.1 Å². The lowest BCUT2D eigenvalue weighted by Gasteiger charge is -2.37. The molecular weight excluding hydrogens is 314 g/mol. The number of piperidine rings is 1. The highest BCUT2D eigenvalue weighted by Crippen LogP contribution is 2.29. The molecule has 0 bridgehead atoms.